The molecule has 0 aliphatic carbocycles. The highest BCUT2D eigenvalue weighted by Crippen LogP contribution is 2.18. The molecule has 0 aromatic carbocycles. The number of hydrogen-bond acceptors (Lipinski definition) is 4. The van der Waals surface area contributed by atoms with Crippen LogP contribution in [0, 0.1) is 0 Å². The van der Waals surface area contributed by atoms with Gasteiger partial charge in [-0.25, -0.2) is 4.99 Å². The summed E-state index contributed by atoms with van der Waals surface area (Å²) in [5, 5.41) is 3.47. The third-order valence-electron chi connectivity index (χ3n) is 5.38. The number of aliphatic imine (C=N–C) groups is 1. The number of guanidine groups is 1. The molecule has 0 aromatic rings. The van der Waals surface area contributed by atoms with Gasteiger partial charge in [0.1, 0.15) is 6.54 Å². The Kier molecular flexibility index (Phi) is 9.34. The molecule has 0 aromatic heterocycles. The van der Waals surface area contributed by atoms with Crippen LogP contribution in [0.15, 0.2) is 4.99 Å². The third-order valence-corrected chi connectivity index (χ3v) is 5.38. The van der Waals surface area contributed by atoms with Gasteiger partial charge in [0.15, 0.2) is 5.96 Å². The van der Waals surface area contributed by atoms with Crippen molar-refractivity contribution in [3.63, 3.8) is 0 Å². The maximum absolute atomic E-state index is 11.9. The molecule has 27 heavy (non-hydrogen) atoms. The molecule has 156 valence electrons. The molecular weight excluding hydrogens is 344 g/mol. The van der Waals surface area contributed by atoms with Crippen molar-refractivity contribution in [3.05, 3.63) is 0 Å². The van der Waals surface area contributed by atoms with Crippen molar-refractivity contribution < 1.29 is 14.3 Å². The molecule has 2 heterocycles. The Morgan fingerprint density at radius 1 is 1.30 bits per heavy atom. The molecule has 7 heteroatoms. The summed E-state index contributed by atoms with van der Waals surface area (Å²) in [5.41, 5.74) is 0. The zero-order valence-electron chi connectivity index (χ0n) is 17.6. The number of likely N-dealkylation sites (N-methyl/N-ethyl adjacent to an activating group) is 1. The van der Waals surface area contributed by atoms with Gasteiger partial charge < -0.3 is 24.6 Å². The van der Waals surface area contributed by atoms with E-state index < -0.39 is 0 Å². The van der Waals surface area contributed by atoms with E-state index in [-0.39, 0.29) is 18.6 Å². The fourth-order valence-electron chi connectivity index (χ4n) is 3.26. The van der Waals surface area contributed by atoms with Crippen LogP contribution in [0.4, 0.5) is 0 Å². The normalized spacial score (nSPS) is 23.2. The Labute approximate surface area is 164 Å². The van der Waals surface area contributed by atoms with Gasteiger partial charge in [-0.1, -0.05) is 6.92 Å². The quantitative estimate of drug-likeness (QED) is 0.538. The van der Waals surface area contributed by atoms with Gasteiger partial charge >= 0.3 is 0 Å². The number of carbonyl (C=O) groups is 1. The van der Waals surface area contributed by atoms with E-state index in [0.29, 0.717) is 18.8 Å². The lowest BCUT2D eigenvalue weighted by molar-refractivity contribution is -0.127. The van der Waals surface area contributed by atoms with E-state index in [1.165, 1.54) is 12.8 Å². The maximum atomic E-state index is 11.9. The summed E-state index contributed by atoms with van der Waals surface area (Å²) in [7, 11) is 3.52. The summed E-state index contributed by atoms with van der Waals surface area (Å²) >= 11 is 0. The van der Waals surface area contributed by atoms with Crippen molar-refractivity contribution in [3.8, 4) is 0 Å². The van der Waals surface area contributed by atoms with Gasteiger partial charge in [-0.2, -0.15) is 0 Å². The average molecular weight is 383 g/mol. The van der Waals surface area contributed by atoms with Crippen LogP contribution in [0.2, 0.25) is 0 Å². The Hall–Kier alpha value is -1.34. The highest BCUT2D eigenvalue weighted by molar-refractivity contribution is 5.85. The van der Waals surface area contributed by atoms with Crippen LogP contribution < -0.4 is 5.32 Å². The van der Waals surface area contributed by atoms with E-state index in [9.17, 15) is 4.79 Å². The first kappa shape index (κ1) is 22.0. The molecule has 2 saturated heterocycles. The minimum atomic E-state index is 0.0177. The fraction of sp³-hybridized carbons (Fsp3) is 0.900. The van der Waals surface area contributed by atoms with Gasteiger partial charge in [-0.3, -0.25) is 4.79 Å². The van der Waals surface area contributed by atoms with Crippen molar-refractivity contribution in [2.75, 3.05) is 46.9 Å². The smallest absolute Gasteiger partial charge is 0.243 e. The molecule has 2 fully saturated rings. The molecule has 2 aliphatic heterocycles. The lowest BCUT2D eigenvalue weighted by Crippen LogP contribution is -2.49. The van der Waals surface area contributed by atoms with Crippen molar-refractivity contribution >= 4 is 11.9 Å². The summed E-state index contributed by atoms with van der Waals surface area (Å²) in [6.07, 6.45) is 7.09. The number of hydrogen-bond donors (Lipinski definition) is 1. The van der Waals surface area contributed by atoms with Crippen LogP contribution >= 0.6 is 0 Å². The van der Waals surface area contributed by atoms with Gasteiger partial charge in [0.2, 0.25) is 5.91 Å². The zero-order chi connectivity index (χ0) is 19.6. The number of nitrogens with one attached hydrogen (secondary N) is 1. The molecule has 1 N–H and O–H groups in total. The minimum absolute atomic E-state index is 0.0177. The molecule has 2 atom stereocenters. The lowest BCUT2D eigenvalue weighted by Gasteiger charge is -2.36. The Morgan fingerprint density at radius 2 is 2.04 bits per heavy atom. The van der Waals surface area contributed by atoms with E-state index in [1.807, 2.05) is 0 Å². The first-order valence-electron chi connectivity index (χ1n) is 10.5. The van der Waals surface area contributed by atoms with Crippen molar-refractivity contribution in [2.24, 2.45) is 4.99 Å². The van der Waals surface area contributed by atoms with Crippen LogP contribution in [0.5, 0.6) is 0 Å². The Bertz CT molecular complexity index is 470. The Morgan fingerprint density at radius 3 is 2.63 bits per heavy atom. The molecular formula is C20H38N4O3. The van der Waals surface area contributed by atoms with Gasteiger partial charge in [-0.15, -0.1) is 0 Å². The third kappa shape index (κ3) is 7.66. The standard InChI is InChI=1S/C20H38N4O3/c1-5-16(2)22-20(21-14-19(25)23(3)4)24-11-9-17(10-12-24)27-15-18-8-6-7-13-26-18/h16-18H,5-15H2,1-4H3,(H,21,22). The molecule has 0 radical (unpaired) electrons. The summed E-state index contributed by atoms with van der Waals surface area (Å²) in [6, 6.07) is 0.329. The minimum Gasteiger partial charge on any atom is -0.376 e. The highest BCUT2D eigenvalue weighted by Gasteiger charge is 2.24. The molecule has 7 nitrogen and oxygen atoms in total. The Balaban J connectivity index is 1.82. The molecule has 0 spiro atoms. The second kappa shape index (κ2) is 11.5. The predicted octanol–water partition coefficient (Wildman–Crippen LogP) is 1.87. The van der Waals surface area contributed by atoms with E-state index >= 15 is 0 Å². The number of piperidine rings is 1. The van der Waals surface area contributed by atoms with Crippen molar-refractivity contribution in [2.45, 2.75) is 70.6 Å². The lowest BCUT2D eigenvalue weighted by atomic mass is 10.1. The van der Waals surface area contributed by atoms with Crippen molar-refractivity contribution in [1.29, 1.82) is 0 Å². The monoisotopic (exact) mass is 382 g/mol. The first-order chi connectivity index (χ1) is 13.0. The van der Waals surface area contributed by atoms with Gasteiger partial charge in [0.05, 0.1) is 18.8 Å². The average Bonchev–Trinajstić information content (AvgIpc) is 2.70. The number of likely N-dealkylation sites (tertiary alicyclic amines) is 1. The topological polar surface area (TPSA) is 66.4 Å². The number of amides is 1. The van der Waals surface area contributed by atoms with E-state index in [1.54, 1.807) is 19.0 Å². The fourth-order valence-corrected chi connectivity index (χ4v) is 3.26. The number of nitrogens with zero attached hydrogens (tertiary/aromatic N) is 3. The van der Waals surface area contributed by atoms with Gasteiger partial charge in [0.25, 0.3) is 0 Å². The molecule has 2 unspecified atom stereocenters. The SMILES string of the molecule is CCC(C)NC(=NCC(=O)N(C)C)N1CCC(OCC2CCCCO2)CC1. The van der Waals surface area contributed by atoms with Crippen LogP contribution in [0.25, 0.3) is 0 Å². The van der Waals surface area contributed by atoms with Gasteiger partial charge in [0, 0.05) is 39.8 Å². The number of rotatable bonds is 7. The molecule has 1 amide bonds. The molecule has 2 rings (SSSR count). The zero-order valence-corrected chi connectivity index (χ0v) is 17.6. The summed E-state index contributed by atoms with van der Waals surface area (Å²) in [4.78, 5) is 20.3. The van der Waals surface area contributed by atoms with E-state index in [0.717, 1.165) is 51.3 Å². The van der Waals surface area contributed by atoms with Crippen LogP contribution in [-0.4, -0.2) is 86.9 Å². The van der Waals surface area contributed by atoms with Gasteiger partial charge in [-0.05, 0) is 45.4 Å². The van der Waals surface area contributed by atoms with E-state index in [4.69, 9.17) is 9.47 Å². The summed E-state index contributed by atoms with van der Waals surface area (Å²) < 4.78 is 11.9. The van der Waals surface area contributed by atoms with Crippen molar-refractivity contribution in [1.82, 2.24) is 15.1 Å². The molecule has 2 aliphatic rings. The second-order valence-corrected chi connectivity index (χ2v) is 7.89. The number of ether oxygens (including phenoxy) is 2. The highest BCUT2D eigenvalue weighted by atomic mass is 16.5. The second-order valence-electron chi connectivity index (χ2n) is 7.89. The first-order valence-corrected chi connectivity index (χ1v) is 10.5. The molecule has 0 saturated carbocycles. The van der Waals surface area contributed by atoms with Crippen LogP contribution in [-0.2, 0) is 14.3 Å². The molecule has 0 bridgehead atoms. The van der Waals surface area contributed by atoms with Crippen LogP contribution in [0.3, 0.4) is 0 Å². The summed E-state index contributed by atoms with van der Waals surface area (Å²) in [6.45, 7) is 7.86. The van der Waals surface area contributed by atoms with E-state index in [2.05, 4.69) is 29.1 Å². The largest absolute Gasteiger partial charge is 0.376 e. The predicted molar refractivity (Wildman–Crippen MR) is 108 cm³/mol. The maximum Gasteiger partial charge on any atom is 0.243 e. The summed E-state index contributed by atoms with van der Waals surface area (Å²) in [5.74, 6) is 0.859. The van der Waals surface area contributed by atoms with Crippen LogP contribution in [0.1, 0.15) is 52.4 Å². The number of carbonyl (C=O) groups excluding carboxylic acids is 1.